The van der Waals surface area contributed by atoms with Crippen LogP contribution in [0.1, 0.15) is 38.8 Å². The number of carbonyl (C=O) groups excluding carboxylic acids is 1. The number of aryl methyl sites for hydroxylation is 2. The Morgan fingerprint density at radius 2 is 1.41 bits per heavy atom. The Kier molecular flexibility index (Phi) is 7.32. The van der Waals surface area contributed by atoms with Gasteiger partial charge in [0.05, 0.1) is 0 Å². The van der Waals surface area contributed by atoms with Crippen molar-refractivity contribution in [3.63, 3.8) is 0 Å². The van der Waals surface area contributed by atoms with Gasteiger partial charge in [0.2, 0.25) is 0 Å². The lowest BCUT2D eigenvalue weighted by molar-refractivity contribution is -0.135. The molecule has 3 aromatic carbocycles. The summed E-state index contributed by atoms with van der Waals surface area (Å²) in [5.41, 5.74) is 7.66. The largest absolute Gasteiger partial charge is 0.459 e. The van der Waals surface area contributed by atoms with Gasteiger partial charge in [-0.2, -0.15) is 0 Å². The molecule has 164 valence electrons. The summed E-state index contributed by atoms with van der Waals surface area (Å²) in [5, 5.41) is 0. The van der Waals surface area contributed by atoms with E-state index >= 15 is 0 Å². The first-order chi connectivity index (χ1) is 15.3. The average molecular weight is 427 g/mol. The lowest BCUT2D eigenvalue weighted by atomic mass is 9.95. The van der Waals surface area contributed by atoms with Crippen molar-refractivity contribution in [1.82, 2.24) is 0 Å². The van der Waals surface area contributed by atoms with Crippen molar-refractivity contribution in [3.8, 4) is 28.0 Å². The summed E-state index contributed by atoms with van der Waals surface area (Å²) in [6.07, 6.45) is 1.05. The molecule has 0 aromatic heterocycles. The van der Waals surface area contributed by atoms with Crippen LogP contribution < -0.4 is 4.74 Å². The quantitative estimate of drug-likeness (QED) is 0.221. The highest BCUT2D eigenvalue weighted by atomic mass is 16.6. The van der Waals surface area contributed by atoms with Crippen molar-refractivity contribution in [2.75, 3.05) is 0 Å². The maximum Gasteiger partial charge on any atom is 0.338 e. The van der Waals surface area contributed by atoms with E-state index in [1.807, 2.05) is 24.3 Å². The zero-order chi connectivity index (χ0) is 23.3. The fourth-order valence-electron chi connectivity index (χ4n) is 3.35. The van der Waals surface area contributed by atoms with E-state index in [9.17, 15) is 4.79 Å². The number of benzene rings is 3. The molecule has 0 N–H and O–H groups in total. The lowest BCUT2D eigenvalue weighted by Gasteiger charge is -2.12. The average Bonchev–Trinajstić information content (AvgIpc) is 2.79. The molecule has 3 rings (SSSR count). The maximum atomic E-state index is 11.7. The number of carbonyl (C=O) groups is 1. The van der Waals surface area contributed by atoms with Crippen molar-refractivity contribution in [2.24, 2.45) is 0 Å². The molecule has 0 saturated carbocycles. The summed E-state index contributed by atoms with van der Waals surface area (Å²) in [6, 6.07) is 23.2. The number of allylic oxidation sites excluding steroid dienone is 2. The maximum absolute atomic E-state index is 11.7. The molecular weight excluding hydrogens is 396 g/mol. The molecule has 3 aromatic rings. The van der Waals surface area contributed by atoms with Crippen LogP contribution in [0.25, 0.3) is 22.3 Å². The highest BCUT2D eigenvalue weighted by molar-refractivity contribution is 5.87. The number of hydrogen-bond donors (Lipinski definition) is 0. The Labute approximate surface area is 191 Å². The van der Waals surface area contributed by atoms with E-state index in [2.05, 4.69) is 62.9 Å². The number of ether oxygens (including phenoxy) is 2. The number of hydrogen-bond acceptors (Lipinski definition) is 3. The van der Waals surface area contributed by atoms with Crippen LogP contribution in [0.3, 0.4) is 0 Å². The van der Waals surface area contributed by atoms with Gasteiger partial charge in [0.25, 0.3) is 0 Å². The molecule has 0 spiro atoms. The summed E-state index contributed by atoms with van der Waals surface area (Å²) in [4.78, 5) is 11.7. The van der Waals surface area contributed by atoms with E-state index in [1.165, 1.54) is 27.8 Å². The summed E-state index contributed by atoms with van der Waals surface area (Å²) >= 11 is 0. The van der Waals surface area contributed by atoms with Crippen LogP contribution in [0.2, 0.25) is 0 Å². The molecule has 32 heavy (non-hydrogen) atoms. The molecule has 0 atom stereocenters. The highest BCUT2D eigenvalue weighted by Crippen LogP contribution is 2.30. The van der Waals surface area contributed by atoms with E-state index in [4.69, 9.17) is 9.47 Å². The molecule has 0 bridgehead atoms. The molecule has 0 unspecified atom stereocenters. The van der Waals surface area contributed by atoms with Gasteiger partial charge < -0.3 is 9.47 Å². The normalized spacial score (nSPS) is 11.5. The fraction of sp³-hybridized carbons (Fsp3) is 0.207. The second kappa shape index (κ2) is 10.1. The van der Waals surface area contributed by atoms with Crippen LogP contribution in [0.5, 0.6) is 5.75 Å². The summed E-state index contributed by atoms with van der Waals surface area (Å²) in [7, 11) is 0. The van der Waals surface area contributed by atoms with Crippen molar-refractivity contribution >= 4 is 5.97 Å². The molecule has 3 heteroatoms. The minimum absolute atomic E-state index is 0.348. The lowest BCUT2D eigenvalue weighted by Crippen LogP contribution is -2.06. The van der Waals surface area contributed by atoms with Gasteiger partial charge in [-0.05, 0) is 79.6 Å². The van der Waals surface area contributed by atoms with Gasteiger partial charge in [0, 0.05) is 5.57 Å². The predicted molar refractivity (Wildman–Crippen MR) is 131 cm³/mol. The Bertz CT molecular complexity index is 1150. The Hall–Kier alpha value is -3.59. The van der Waals surface area contributed by atoms with Crippen molar-refractivity contribution in [1.29, 1.82) is 0 Å². The number of rotatable bonds is 7. The van der Waals surface area contributed by atoms with E-state index in [1.54, 1.807) is 20.8 Å². The standard InChI is InChI=1S/C29H30O3/c1-7-23-8-10-24(11-9-23)26-14-17-28(20(4)18-26)25-12-15-27(16-13-25)31-21(5)22(6)32-29(30)19(2)3/h8-18H,2,7H2,1,3-6H3/b22-21+. The second-order valence-corrected chi connectivity index (χ2v) is 7.99. The first-order valence-corrected chi connectivity index (χ1v) is 10.8. The molecule has 0 radical (unpaired) electrons. The van der Waals surface area contributed by atoms with Crippen LogP contribution in [0.15, 0.2) is 90.4 Å². The van der Waals surface area contributed by atoms with Crippen LogP contribution in [-0.2, 0) is 16.0 Å². The third-order valence-corrected chi connectivity index (χ3v) is 5.45. The van der Waals surface area contributed by atoms with E-state index in [0.717, 1.165) is 12.0 Å². The van der Waals surface area contributed by atoms with Crippen LogP contribution >= 0.6 is 0 Å². The van der Waals surface area contributed by atoms with E-state index in [0.29, 0.717) is 22.8 Å². The molecule has 0 saturated heterocycles. The van der Waals surface area contributed by atoms with Gasteiger partial charge in [-0.3, -0.25) is 0 Å². The molecular formula is C29H30O3. The first kappa shape index (κ1) is 23.1. The molecule has 0 aliphatic carbocycles. The topological polar surface area (TPSA) is 35.5 Å². The molecule has 0 fully saturated rings. The van der Waals surface area contributed by atoms with Crippen LogP contribution in [0.4, 0.5) is 0 Å². The van der Waals surface area contributed by atoms with Crippen molar-refractivity contribution < 1.29 is 14.3 Å². The molecule has 0 amide bonds. The smallest absolute Gasteiger partial charge is 0.338 e. The SMILES string of the molecule is C=C(C)C(=O)O/C(C)=C(\C)Oc1ccc(-c2ccc(-c3ccc(CC)cc3)cc2C)cc1. The zero-order valence-electron chi connectivity index (χ0n) is 19.5. The fourth-order valence-corrected chi connectivity index (χ4v) is 3.35. The van der Waals surface area contributed by atoms with E-state index in [-0.39, 0.29) is 0 Å². The Morgan fingerprint density at radius 3 is 1.97 bits per heavy atom. The summed E-state index contributed by atoms with van der Waals surface area (Å²) < 4.78 is 11.1. The minimum Gasteiger partial charge on any atom is -0.459 e. The van der Waals surface area contributed by atoms with Gasteiger partial charge in [-0.15, -0.1) is 0 Å². The van der Waals surface area contributed by atoms with Gasteiger partial charge in [-0.25, -0.2) is 4.79 Å². The minimum atomic E-state index is -0.457. The zero-order valence-corrected chi connectivity index (χ0v) is 19.5. The third kappa shape index (κ3) is 5.55. The molecule has 3 nitrogen and oxygen atoms in total. The van der Waals surface area contributed by atoms with Crippen molar-refractivity contribution in [2.45, 2.75) is 41.0 Å². The van der Waals surface area contributed by atoms with Gasteiger partial charge in [0.1, 0.15) is 17.3 Å². The van der Waals surface area contributed by atoms with Crippen LogP contribution in [0, 0.1) is 6.92 Å². The molecule has 0 aliphatic rings. The van der Waals surface area contributed by atoms with Gasteiger partial charge in [0.15, 0.2) is 0 Å². The first-order valence-electron chi connectivity index (χ1n) is 10.8. The summed E-state index contributed by atoms with van der Waals surface area (Å²) in [5.74, 6) is 1.17. The Morgan fingerprint density at radius 1 is 0.812 bits per heavy atom. The van der Waals surface area contributed by atoms with E-state index < -0.39 is 5.97 Å². The predicted octanol–water partition coefficient (Wildman–Crippen LogP) is 7.64. The summed E-state index contributed by atoms with van der Waals surface area (Å²) in [6.45, 7) is 13.0. The monoisotopic (exact) mass is 426 g/mol. The number of esters is 1. The highest BCUT2D eigenvalue weighted by Gasteiger charge is 2.10. The van der Waals surface area contributed by atoms with Gasteiger partial charge >= 0.3 is 5.97 Å². The second-order valence-electron chi connectivity index (χ2n) is 7.99. The molecule has 0 heterocycles. The third-order valence-electron chi connectivity index (χ3n) is 5.45. The van der Waals surface area contributed by atoms with Crippen molar-refractivity contribution in [3.05, 3.63) is 102 Å². The van der Waals surface area contributed by atoms with Crippen LogP contribution in [-0.4, -0.2) is 5.97 Å². The molecule has 0 aliphatic heterocycles. The Balaban J connectivity index is 1.75. The van der Waals surface area contributed by atoms with Gasteiger partial charge in [-0.1, -0.05) is 68.1 Å².